The molecule has 5 aromatic rings. The number of fused-ring (bicyclic) bond motifs is 1. The number of aliphatic hydroxyl groups is 1. The minimum absolute atomic E-state index is 0.0162. The van der Waals surface area contributed by atoms with E-state index in [0.717, 1.165) is 4.70 Å². The zero-order valence-corrected chi connectivity index (χ0v) is 18.1. The smallest absolute Gasteiger partial charge is 0.242 e. The minimum atomic E-state index is -0.652. The molecule has 0 amide bonds. The van der Waals surface area contributed by atoms with Crippen molar-refractivity contribution in [3.8, 4) is 28.2 Å². The average Bonchev–Trinajstić information content (AvgIpc) is 3.54. The summed E-state index contributed by atoms with van der Waals surface area (Å²) in [4.78, 5) is 17.8. The molecule has 0 atom stereocenters. The number of halogens is 1. The van der Waals surface area contributed by atoms with Gasteiger partial charge >= 0.3 is 0 Å². The lowest BCUT2D eigenvalue weighted by Gasteiger charge is -2.06. The summed E-state index contributed by atoms with van der Waals surface area (Å²) >= 11 is 7.46. The molecule has 0 aliphatic rings. The Labute approximate surface area is 189 Å². The summed E-state index contributed by atoms with van der Waals surface area (Å²) < 4.78 is 13.1. The number of thiazole rings is 1. The number of aromatic hydroxyl groups is 2. The minimum Gasteiger partial charge on any atom is -0.503 e. The van der Waals surface area contributed by atoms with Crippen molar-refractivity contribution < 1.29 is 28.9 Å². The highest BCUT2D eigenvalue weighted by atomic mass is 35.5. The van der Waals surface area contributed by atoms with E-state index in [9.17, 15) is 20.1 Å². The summed E-state index contributed by atoms with van der Waals surface area (Å²) in [5.74, 6) is -1.01. The highest BCUT2D eigenvalue weighted by Gasteiger charge is 2.33. The average molecular weight is 471 g/mol. The molecule has 0 bridgehead atoms. The van der Waals surface area contributed by atoms with E-state index in [1.807, 2.05) is 6.07 Å². The van der Waals surface area contributed by atoms with Crippen LogP contribution >= 0.6 is 22.9 Å². The largest absolute Gasteiger partial charge is 0.503 e. The van der Waals surface area contributed by atoms with Gasteiger partial charge in [0.1, 0.15) is 34.9 Å². The zero-order chi connectivity index (χ0) is 22.6. The summed E-state index contributed by atoms with van der Waals surface area (Å²) in [6.45, 7) is 1.32. The Morgan fingerprint density at radius 2 is 1.97 bits per heavy atom. The molecule has 5 rings (SSSR count). The van der Waals surface area contributed by atoms with Gasteiger partial charge < -0.3 is 24.2 Å². The van der Waals surface area contributed by atoms with Crippen LogP contribution in [0.3, 0.4) is 0 Å². The standard InChI is InChI=1S/C22H15ClN2O6S/c1-10-5-7-14(30-10)19(27)16-18(13-8-6-11(9-26)31-13)25(21(29)20(16)28)22-24-17-12(23)3-2-4-15(17)32-22/h2-8,26,28-29H,9H2,1H3. The summed E-state index contributed by atoms with van der Waals surface area (Å²) in [5.41, 5.74) is 0.354. The van der Waals surface area contributed by atoms with E-state index < -0.39 is 17.4 Å². The molecule has 0 saturated heterocycles. The van der Waals surface area contributed by atoms with Crippen molar-refractivity contribution in [1.29, 1.82) is 0 Å². The van der Waals surface area contributed by atoms with Crippen LogP contribution in [0.4, 0.5) is 0 Å². The van der Waals surface area contributed by atoms with Gasteiger partial charge in [-0.2, -0.15) is 0 Å². The fourth-order valence-corrected chi connectivity index (χ4v) is 4.73. The van der Waals surface area contributed by atoms with Gasteiger partial charge in [-0.15, -0.1) is 0 Å². The Balaban J connectivity index is 1.81. The van der Waals surface area contributed by atoms with Crippen LogP contribution in [0.5, 0.6) is 11.6 Å². The molecule has 0 saturated carbocycles. The highest BCUT2D eigenvalue weighted by molar-refractivity contribution is 7.21. The number of benzene rings is 1. The lowest BCUT2D eigenvalue weighted by atomic mass is 10.1. The predicted octanol–water partition coefficient (Wildman–Crippen LogP) is 5.04. The number of ketones is 1. The molecule has 162 valence electrons. The summed E-state index contributed by atoms with van der Waals surface area (Å²) in [6.07, 6.45) is 0. The fourth-order valence-electron chi connectivity index (χ4n) is 3.45. The van der Waals surface area contributed by atoms with Gasteiger partial charge in [-0.05, 0) is 43.3 Å². The lowest BCUT2D eigenvalue weighted by Crippen LogP contribution is -2.03. The molecule has 4 heterocycles. The number of hydrogen-bond donors (Lipinski definition) is 3. The Kier molecular flexibility index (Phi) is 4.81. The lowest BCUT2D eigenvalue weighted by molar-refractivity contribution is 0.101. The van der Waals surface area contributed by atoms with Crippen molar-refractivity contribution in [2.45, 2.75) is 13.5 Å². The van der Waals surface area contributed by atoms with Crippen molar-refractivity contribution in [1.82, 2.24) is 9.55 Å². The fraction of sp³-hybridized carbons (Fsp3) is 0.0909. The number of aliphatic hydroxyl groups excluding tert-OH is 1. The van der Waals surface area contributed by atoms with Crippen LogP contribution in [0.15, 0.2) is 51.3 Å². The van der Waals surface area contributed by atoms with Gasteiger partial charge in [-0.3, -0.25) is 4.79 Å². The second kappa shape index (κ2) is 7.56. The second-order valence-electron chi connectivity index (χ2n) is 6.98. The zero-order valence-electron chi connectivity index (χ0n) is 16.5. The number of furan rings is 2. The number of rotatable bonds is 5. The molecule has 1 aromatic carbocycles. The Morgan fingerprint density at radius 1 is 1.16 bits per heavy atom. The molecule has 10 heteroatoms. The number of para-hydroxylation sites is 1. The van der Waals surface area contributed by atoms with E-state index in [0.29, 0.717) is 16.3 Å². The van der Waals surface area contributed by atoms with Crippen LogP contribution in [0.25, 0.3) is 26.8 Å². The molecule has 32 heavy (non-hydrogen) atoms. The van der Waals surface area contributed by atoms with Crippen molar-refractivity contribution in [3.63, 3.8) is 0 Å². The Hall–Kier alpha value is -3.53. The molecule has 8 nitrogen and oxygen atoms in total. The van der Waals surface area contributed by atoms with E-state index in [4.69, 9.17) is 20.4 Å². The topological polar surface area (TPSA) is 122 Å². The third kappa shape index (κ3) is 3.10. The van der Waals surface area contributed by atoms with Gasteiger partial charge in [0.2, 0.25) is 11.7 Å². The van der Waals surface area contributed by atoms with Crippen LogP contribution in [0.1, 0.15) is 27.6 Å². The molecule has 4 aromatic heterocycles. The van der Waals surface area contributed by atoms with Crippen molar-refractivity contribution in [2.75, 3.05) is 0 Å². The first-order valence-electron chi connectivity index (χ1n) is 9.42. The van der Waals surface area contributed by atoms with E-state index >= 15 is 0 Å². The van der Waals surface area contributed by atoms with Crippen LogP contribution in [-0.4, -0.2) is 30.7 Å². The summed E-state index contributed by atoms with van der Waals surface area (Å²) in [5, 5.41) is 31.7. The first kappa shape index (κ1) is 20.4. The predicted molar refractivity (Wildman–Crippen MR) is 118 cm³/mol. The number of carbonyl (C=O) groups is 1. The molecule has 0 aliphatic carbocycles. The van der Waals surface area contributed by atoms with Crippen LogP contribution < -0.4 is 0 Å². The quantitative estimate of drug-likeness (QED) is 0.308. The number of nitrogens with zero attached hydrogens (tertiary/aromatic N) is 2. The van der Waals surface area contributed by atoms with E-state index in [-0.39, 0.29) is 40.3 Å². The maximum absolute atomic E-state index is 13.3. The van der Waals surface area contributed by atoms with Gasteiger partial charge in [0.05, 0.1) is 9.72 Å². The second-order valence-corrected chi connectivity index (χ2v) is 8.39. The van der Waals surface area contributed by atoms with E-state index in [2.05, 4.69) is 4.98 Å². The molecule has 0 fully saturated rings. The summed E-state index contributed by atoms with van der Waals surface area (Å²) in [6, 6.07) is 11.4. The summed E-state index contributed by atoms with van der Waals surface area (Å²) in [7, 11) is 0. The molecule has 0 unspecified atom stereocenters. The molecule has 3 N–H and O–H groups in total. The molecule has 0 aliphatic heterocycles. The normalized spacial score (nSPS) is 11.5. The van der Waals surface area contributed by atoms with E-state index in [1.54, 1.807) is 25.1 Å². The van der Waals surface area contributed by atoms with Crippen molar-refractivity contribution >= 4 is 38.9 Å². The molecular formula is C22H15ClN2O6S. The Morgan fingerprint density at radius 3 is 2.62 bits per heavy atom. The van der Waals surface area contributed by atoms with Crippen LogP contribution in [0, 0.1) is 6.92 Å². The molecule has 0 radical (unpaired) electrons. The van der Waals surface area contributed by atoms with Crippen LogP contribution in [0.2, 0.25) is 5.02 Å². The number of hydrogen-bond acceptors (Lipinski definition) is 8. The van der Waals surface area contributed by atoms with Crippen molar-refractivity contribution in [2.24, 2.45) is 0 Å². The number of aryl methyl sites for hydroxylation is 1. The molecule has 0 spiro atoms. The monoisotopic (exact) mass is 470 g/mol. The van der Waals surface area contributed by atoms with Gasteiger partial charge in [-0.25, -0.2) is 9.55 Å². The van der Waals surface area contributed by atoms with Crippen LogP contribution in [-0.2, 0) is 6.61 Å². The first-order chi connectivity index (χ1) is 15.4. The highest BCUT2D eigenvalue weighted by Crippen LogP contribution is 2.46. The maximum Gasteiger partial charge on any atom is 0.242 e. The van der Waals surface area contributed by atoms with Gasteiger partial charge in [0, 0.05) is 0 Å². The molecular weight excluding hydrogens is 456 g/mol. The van der Waals surface area contributed by atoms with Gasteiger partial charge in [-0.1, -0.05) is 29.0 Å². The van der Waals surface area contributed by atoms with Crippen molar-refractivity contribution in [3.05, 3.63) is 70.3 Å². The van der Waals surface area contributed by atoms with Gasteiger partial charge in [0.25, 0.3) is 0 Å². The van der Waals surface area contributed by atoms with E-state index in [1.165, 1.54) is 34.1 Å². The third-order valence-electron chi connectivity index (χ3n) is 4.91. The first-order valence-corrected chi connectivity index (χ1v) is 10.6. The Bertz CT molecular complexity index is 1490. The maximum atomic E-state index is 13.3. The SMILES string of the molecule is Cc1ccc(C(=O)c2c(O)c(O)n(-c3nc4c(Cl)cccc4s3)c2-c2ccc(CO)o2)o1. The number of carbonyl (C=O) groups excluding carboxylic acids is 1. The van der Waals surface area contributed by atoms with Gasteiger partial charge in [0.15, 0.2) is 22.4 Å². The number of aromatic nitrogens is 2. The third-order valence-corrected chi connectivity index (χ3v) is 6.22.